The fraction of sp³-hybridized carbons (Fsp3) is 0.675. The van der Waals surface area contributed by atoms with Gasteiger partial charge >= 0.3 is 12.0 Å². The van der Waals surface area contributed by atoms with Crippen LogP contribution >= 0.6 is 0 Å². The lowest BCUT2D eigenvalue weighted by atomic mass is 9.93. The van der Waals surface area contributed by atoms with Crippen LogP contribution in [0.15, 0.2) is 30.5 Å². The highest BCUT2D eigenvalue weighted by Gasteiger charge is 2.24. The van der Waals surface area contributed by atoms with Crippen molar-refractivity contribution in [3.05, 3.63) is 41.7 Å². The molecule has 0 aliphatic rings. The van der Waals surface area contributed by atoms with Crippen LogP contribution in [0.4, 0.5) is 10.5 Å². The average molecular weight is 851 g/mol. The minimum atomic E-state index is -0.979. The summed E-state index contributed by atoms with van der Waals surface area (Å²) in [7, 11) is 0. The molecule has 0 saturated heterocycles. The molecule has 0 unspecified atom stereocenters. The van der Waals surface area contributed by atoms with Crippen LogP contribution < -0.4 is 27.0 Å². The van der Waals surface area contributed by atoms with Gasteiger partial charge in [-0.1, -0.05) is 38.1 Å². The van der Waals surface area contributed by atoms with Crippen molar-refractivity contribution in [2.45, 2.75) is 79.0 Å². The van der Waals surface area contributed by atoms with Gasteiger partial charge in [-0.15, -0.1) is 5.10 Å². The molecule has 0 aliphatic carbocycles. The Morgan fingerprint density at radius 1 is 0.717 bits per heavy atom. The number of hydrogen-bond acceptors (Lipinski definition) is 14. The molecule has 2 aromatic rings. The van der Waals surface area contributed by atoms with E-state index in [1.165, 1.54) is 0 Å². The second-order valence-corrected chi connectivity index (χ2v) is 15.6. The van der Waals surface area contributed by atoms with E-state index in [2.05, 4.69) is 52.4 Å². The number of carbonyl (C=O) groups is 5. The predicted molar refractivity (Wildman–Crippen MR) is 220 cm³/mol. The van der Waals surface area contributed by atoms with Crippen molar-refractivity contribution in [1.29, 1.82) is 0 Å². The molecule has 0 spiro atoms. The van der Waals surface area contributed by atoms with E-state index in [9.17, 15) is 24.0 Å². The maximum Gasteiger partial charge on any atom is 0.312 e. The van der Waals surface area contributed by atoms with Crippen LogP contribution in [0.2, 0.25) is 0 Å². The van der Waals surface area contributed by atoms with Crippen molar-refractivity contribution in [1.82, 2.24) is 30.9 Å². The van der Waals surface area contributed by atoms with Crippen molar-refractivity contribution in [2.75, 3.05) is 97.7 Å². The van der Waals surface area contributed by atoms with Crippen molar-refractivity contribution in [2.24, 2.45) is 11.1 Å². The quantitative estimate of drug-likeness (QED) is 0.0532. The Morgan fingerprint density at radius 2 is 1.28 bits per heavy atom. The molecule has 20 nitrogen and oxygen atoms in total. The highest BCUT2D eigenvalue weighted by molar-refractivity contribution is 5.97. The fourth-order valence-corrected chi connectivity index (χ4v) is 4.74. The summed E-state index contributed by atoms with van der Waals surface area (Å²) >= 11 is 0. The SMILES string of the molecule is CC(C)(C)C(=O)OCc1ccc(NC(=O)[C@H](CCCNC(N)=O)NC(=O)COCC(=O)NCCOCCOCCOCCOCCOCCn2cc(C(C)(C)C)nn2)cc1. The zero-order valence-corrected chi connectivity index (χ0v) is 36.0. The molecule has 0 fully saturated rings. The predicted octanol–water partition coefficient (Wildman–Crippen LogP) is 1.45. The fourth-order valence-electron chi connectivity index (χ4n) is 4.74. The zero-order valence-electron chi connectivity index (χ0n) is 36.0. The number of nitrogens with zero attached hydrogens (tertiary/aromatic N) is 3. The lowest BCUT2D eigenvalue weighted by molar-refractivity contribution is -0.154. The molecule has 2 rings (SSSR count). The number of esters is 1. The van der Waals surface area contributed by atoms with Crippen molar-refractivity contribution in [3.8, 4) is 0 Å². The number of rotatable bonds is 31. The smallest absolute Gasteiger partial charge is 0.312 e. The van der Waals surface area contributed by atoms with E-state index < -0.39 is 41.8 Å². The first-order chi connectivity index (χ1) is 28.5. The Balaban J connectivity index is 1.49. The summed E-state index contributed by atoms with van der Waals surface area (Å²) in [6.45, 7) is 16.0. The van der Waals surface area contributed by atoms with Crippen molar-refractivity contribution < 1.29 is 57.1 Å². The molecular formula is C40H66N8O12. The van der Waals surface area contributed by atoms with Crippen molar-refractivity contribution >= 4 is 35.4 Å². The van der Waals surface area contributed by atoms with E-state index in [1.54, 1.807) is 49.7 Å². The number of hydrogen-bond donors (Lipinski definition) is 5. The van der Waals surface area contributed by atoms with E-state index in [0.717, 1.165) is 11.3 Å². The van der Waals surface area contributed by atoms with E-state index >= 15 is 0 Å². The van der Waals surface area contributed by atoms with Gasteiger partial charge in [0, 0.05) is 30.4 Å². The van der Waals surface area contributed by atoms with Crippen LogP contribution in [0.5, 0.6) is 0 Å². The zero-order chi connectivity index (χ0) is 44.2. The summed E-state index contributed by atoms with van der Waals surface area (Å²) in [4.78, 5) is 61.0. The first-order valence-corrected chi connectivity index (χ1v) is 20.1. The van der Waals surface area contributed by atoms with Gasteiger partial charge in [-0.05, 0) is 51.3 Å². The molecule has 0 aliphatic heterocycles. The summed E-state index contributed by atoms with van der Waals surface area (Å²) in [5.74, 6) is -1.90. The summed E-state index contributed by atoms with van der Waals surface area (Å²) in [5, 5.41) is 18.7. The van der Waals surface area contributed by atoms with Gasteiger partial charge in [-0.2, -0.15) is 0 Å². The number of aromatic nitrogens is 3. The Morgan fingerprint density at radius 3 is 1.83 bits per heavy atom. The Hall–Kier alpha value is -4.73. The van der Waals surface area contributed by atoms with Crippen LogP contribution in [0.25, 0.3) is 0 Å². The van der Waals surface area contributed by atoms with Crippen LogP contribution in [-0.4, -0.2) is 143 Å². The van der Waals surface area contributed by atoms with Gasteiger partial charge in [0.15, 0.2) is 0 Å². The minimum Gasteiger partial charge on any atom is -0.460 e. The highest BCUT2D eigenvalue weighted by atomic mass is 16.6. The van der Waals surface area contributed by atoms with Gasteiger partial charge in [-0.3, -0.25) is 19.2 Å². The van der Waals surface area contributed by atoms with Crippen LogP contribution in [0, 0.1) is 5.41 Å². The summed E-state index contributed by atoms with van der Waals surface area (Å²) in [6.07, 6.45) is 2.46. The van der Waals surface area contributed by atoms with Crippen molar-refractivity contribution in [3.63, 3.8) is 0 Å². The normalized spacial score (nSPS) is 12.1. The molecule has 0 saturated carbocycles. The van der Waals surface area contributed by atoms with E-state index in [0.29, 0.717) is 78.1 Å². The van der Waals surface area contributed by atoms with Gasteiger partial charge in [0.25, 0.3) is 0 Å². The number of carbonyl (C=O) groups excluding carboxylic acids is 5. The topological polar surface area (TPSA) is 255 Å². The second-order valence-electron chi connectivity index (χ2n) is 15.6. The van der Waals surface area contributed by atoms with E-state index in [-0.39, 0.29) is 50.7 Å². The number of urea groups is 1. The summed E-state index contributed by atoms with van der Waals surface area (Å²) < 4.78 is 39.8. The number of anilines is 1. The standard InChI is InChI=1S/C40H66N8O12/c1-39(2,3)33-26-48(47-46-33)15-17-55-19-21-57-23-25-58-24-22-56-20-18-54-16-14-42-34(49)28-59-29-35(50)45-32(8-7-13-43-38(41)53)36(51)44-31-11-9-30(10-12-31)27-60-37(52)40(4,5)6/h9-12,26,32H,7-8,13-25,27-29H2,1-6H3,(H,42,49)(H,44,51)(H,45,50)(H3,41,43,53)/t32-/m0/s1. The maximum absolute atomic E-state index is 13.1. The molecule has 6 N–H and O–H groups in total. The van der Waals surface area contributed by atoms with Crippen LogP contribution in [-0.2, 0) is 70.9 Å². The molecule has 5 amide bonds. The summed E-state index contributed by atoms with van der Waals surface area (Å²) in [6, 6.07) is 5.02. The second kappa shape index (κ2) is 28.7. The third kappa shape index (κ3) is 24.4. The van der Waals surface area contributed by atoms with E-state index in [4.69, 9.17) is 38.9 Å². The monoisotopic (exact) mass is 850 g/mol. The molecule has 0 bridgehead atoms. The number of nitrogens with one attached hydrogen (secondary N) is 4. The highest BCUT2D eigenvalue weighted by Crippen LogP contribution is 2.19. The molecule has 1 heterocycles. The van der Waals surface area contributed by atoms with Gasteiger partial charge in [0.2, 0.25) is 17.7 Å². The van der Waals surface area contributed by atoms with E-state index in [1.807, 2.05) is 6.20 Å². The first-order valence-electron chi connectivity index (χ1n) is 20.1. The molecule has 1 atom stereocenters. The lowest BCUT2D eigenvalue weighted by Gasteiger charge is -2.19. The van der Waals surface area contributed by atoms with Gasteiger partial charge in [0.05, 0.1) is 83.7 Å². The van der Waals surface area contributed by atoms with Gasteiger partial charge < -0.3 is 60.2 Å². The van der Waals surface area contributed by atoms with Gasteiger partial charge in [0.1, 0.15) is 25.9 Å². The Bertz CT molecular complexity index is 1560. The third-order valence-electron chi connectivity index (χ3n) is 8.12. The minimum absolute atomic E-state index is 0.0355. The molecule has 0 radical (unpaired) electrons. The molecular weight excluding hydrogens is 784 g/mol. The number of ether oxygens (including phenoxy) is 7. The number of nitrogens with two attached hydrogens (primary N) is 1. The Kier molecular flexibility index (Phi) is 24.6. The summed E-state index contributed by atoms with van der Waals surface area (Å²) in [5.41, 5.74) is 6.58. The molecule has 1 aromatic heterocycles. The first kappa shape index (κ1) is 51.4. The largest absolute Gasteiger partial charge is 0.460 e. The number of primary amides is 1. The average Bonchev–Trinajstić information content (AvgIpc) is 3.68. The number of amides is 5. The number of benzene rings is 1. The molecule has 338 valence electrons. The lowest BCUT2D eigenvalue weighted by Crippen LogP contribution is -2.46. The molecule has 1 aromatic carbocycles. The van der Waals surface area contributed by atoms with Crippen LogP contribution in [0.1, 0.15) is 65.6 Å². The maximum atomic E-state index is 13.1. The van der Waals surface area contributed by atoms with Gasteiger partial charge in [-0.25, -0.2) is 9.48 Å². The Labute approximate surface area is 352 Å². The molecule has 20 heteroatoms. The molecule has 60 heavy (non-hydrogen) atoms. The third-order valence-corrected chi connectivity index (χ3v) is 8.12. The van der Waals surface area contributed by atoms with Crippen LogP contribution in [0.3, 0.4) is 0 Å².